The van der Waals surface area contributed by atoms with Crippen molar-refractivity contribution in [2.75, 3.05) is 6.54 Å². The van der Waals surface area contributed by atoms with Gasteiger partial charge in [-0.25, -0.2) is 0 Å². The van der Waals surface area contributed by atoms with Crippen molar-refractivity contribution in [1.82, 2.24) is 4.90 Å². The average Bonchev–Trinajstić information content (AvgIpc) is 3.18. The van der Waals surface area contributed by atoms with E-state index in [2.05, 4.69) is 29.2 Å². The van der Waals surface area contributed by atoms with Crippen molar-refractivity contribution in [3.8, 4) is 0 Å². The molecule has 0 aliphatic carbocycles. The predicted octanol–water partition coefficient (Wildman–Crippen LogP) is 4.62. The van der Waals surface area contributed by atoms with Crippen LogP contribution in [0.25, 0.3) is 0 Å². The second-order valence-corrected chi connectivity index (χ2v) is 9.85. The molecule has 132 valence electrons. The van der Waals surface area contributed by atoms with Crippen LogP contribution in [0.5, 0.6) is 0 Å². The second-order valence-electron chi connectivity index (χ2n) is 6.91. The number of rotatable bonds is 5. The highest BCUT2D eigenvalue weighted by Gasteiger charge is 2.42. The zero-order valence-corrected chi connectivity index (χ0v) is 15.8. The Hall–Kier alpha value is -2.15. The van der Waals surface area contributed by atoms with E-state index in [1.807, 2.05) is 66.7 Å². The highest BCUT2D eigenvalue weighted by atomic mass is 31.2. The van der Waals surface area contributed by atoms with E-state index in [1.165, 1.54) is 5.56 Å². The summed E-state index contributed by atoms with van der Waals surface area (Å²) in [4.78, 5) is 2.43. The number of hydrogen-bond donors (Lipinski definition) is 0. The lowest BCUT2D eigenvalue weighted by molar-refractivity contribution is 0.300. The van der Waals surface area contributed by atoms with Gasteiger partial charge in [-0.2, -0.15) is 0 Å². The van der Waals surface area contributed by atoms with Gasteiger partial charge in [0, 0.05) is 17.2 Å². The fourth-order valence-corrected chi connectivity index (χ4v) is 7.43. The van der Waals surface area contributed by atoms with Gasteiger partial charge < -0.3 is 4.57 Å². The number of benzene rings is 3. The molecule has 0 radical (unpaired) electrons. The van der Waals surface area contributed by atoms with E-state index in [1.54, 1.807) is 0 Å². The number of nitrogens with zero attached hydrogens (tertiary/aromatic N) is 1. The Morgan fingerprint density at radius 2 is 1.27 bits per heavy atom. The minimum absolute atomic E-state index is 0.0625. The number of hydrogen-bond acceptors (Lipinski definition) is 2. The van der Waals surface area contributed by atoms with Crippen molar-refractivity contribution >= 4 is 17.8 Å². The summed E-state index contributed by atoms with van der Waals surface area (Å²) in [6, 6.07) is 30.7. The van der Waals surface area contributed by atoms with Gasteiger partial charge in [-0.3, -0.25) is 4.90 Å². The summed E-state index contributed by atoms with van der Waals surface area (Å²) in [6.07, 6.45) is 2.08. The van der Waals surface area contributed by atoms with Crippen LogP contribution in [0.15, 0.2) is 91.0 Å². The first-order chi connectivity index (χ1) is 12.8. The quantitative estimate of drug-likeness (QED) is 0.618. The van der Waals surface area contributed by atoms with E-state index in [4.69, 9.17) is 0 Å². The fourth-order valence-electron chi connectivity index (χ4n) is 4.01. The zero-order chi connectivity index (χ0) is 17.8. The van der Waals surface area contributed by atoms with E-state index in [9.17, 15) is 4.57 Å². The lowest BCUT2D eigenvalue weighted by Gasteiger charge is -2.32. The maximum Gasteiger partial charge on any atom is 0.159 e. The van der Waals surface area contributed by atoms with E-state index < -0.39 is 7.14 Å². The molecule has 0 spiro atoms. The van der Waals surface area contributed by atoms with Gasteiger partial charge in [0.2, 0.25) is 0 Å². The molecule has 3 aromatic carbocycles. The molecule has 4 rings (SSSR count). The van der Waals surface area contributed by atoms with Crippen molar-refractivity contribution in [1.29, 1.82) is 0 Å². The minimum Gasteiger partial charge on any atom is -0.312 e. The smallest absolute Gasteiger partial charge is 0.159 e. The highest BCUT2D eigenvalue weighted by Crippen LogP contribution is 2.53. The third kappa shape index (κ3) is 3.28. The van der Waals surface area contributed by atoms with Gasteiger partial charge in [0.05, 0.1) is 5.78 Å². The largest absolute Gasteiger partial charge is 0.312 e. The maximum atomic E-state index is 14.6. The standard InChI is InChI=1S/C23H24NOP/c25-26(21-13-6-2-7-14-21,22-15-8-3-9-16-22)23-17-10-18-24(23)19-20-11-4-1-5-12-20/h1-9,11-16,23H,10,17-19H2. The van der Waals surface area contributed by atoms with Crippen molar-refractivity contribution in [3.63, 3.8) is 0 Å². The summed E-state index contributed by atoms with van der Waals surface area (Å²) < 4.78 is 14.6. The molecule has 1 unspecified atom stereocenters. The normalized spacial score (nSPS) is 18.1. The van der Waals surface area contributed by atoms with E-state index in [-0.39, 0.29) is 5.78 Å². The molecule has 0 bridgehead atoms. The first-order valence-corrected chi connectivity index (χ1v) is 11.0. The molecule has 0 N–H and O–H groups in total. The fraction of sp³-hybridized carbons (Fsp3) is 0.217. The van der Waals surface area contributed by atoms with Gasteiger partial charge in [0.1, 0.15) is 0 Å². The molecule has 1 aliphatic heterocycles. The molecule has 0 amide bonds. The summed E-state index contributed by atoms with van der Waals surface area (Å²) in [5.41, 5.74) is 1.28. The minimum atomic E-state index is -2.74. The topological polar surface area (TPSA) is 20.3 Å². The first kappa shape index (κ1) is 17.3. The Bertz CT molecular complexity index is 836. The van der Waals surface area contributed by atoms with Crippen molar-refractivity contribution in [2.24, 2.45) is 0 Å². The van der Waals surface area contributed by atoms with Gasteiger partial charge in [-0.05, 0) is 24.9 Å². The van der Waals surface area contributed by atoms with Crippen LogP contribution in [0, 0.1) is 0 Å². The maximum absolute atomic E-state index is 14.6. The molecule has 1 fully saturated rings. The van der Waals surface area contributed by atoms with Crippen molar-refractivity contribution in [2.45, 2.75) is 25.2 Å². The van der Waals surface area contributed by atoms with E-state index >= 15 is 0 Å². The van der Waals surface area contributed by atoms with Crippen LogP contribution in [0.2, 0.25) is 0 Å². The molecular formula is C23H24NOP. The first-order valence-electron chi connectivity index (χ1n) is 9.27. The van der Waals surface area contributed by atoms with Crippen LogP contribution < -0.4 is 10.6 Å². The Morgan fingerprint density at radius 3 is 1.81 bits per heavy atom. The number of likely N-dealkylation sites (tertiary alicyclic amines) is 1. The van der Waals surface area contributed by atoms with Crippen LogP contribution in [-0.2, 0) is 11.1 Å². The van der Waals surface area contributed by atoms with Crippen LogP contribution >= 0.6 is 7.14 Å². The van der Waals surface area contributed by atoms with Gasteiger partial charge >= 0.3 is 0 Å². The SMILES string of the molecule is O=P(c1ccccc1)(c1ccccc1)C1CCCN1Cc1ccccc1. The molecule has 2 nitrogen and oxygen atoms in total. The molecular weight excluding hydrogens is 337 g/mol. The Kier molecular flexibility index (Phi) is 5.06. The van der Waals surface area contributed by atoms with Crippen LogP contribution in [0.1, 0.15) is 18.4 Å². The van der Waals surface area contributed by atoms with Gasteiger partial charge in [-0.15, -0.1) is 0 Å². The molecule has 1 atom stereocenters. The molecule has 3 aromatic rings. The molecule has 0 aromatic heterocycles. The Morgan fingerprint density at radius 1 is 0.769 bits per heavy atom. The summed E-state index contributed by atoms with van der Waals surface area (Å²) in [6.45, 7) is 1.86. The van der Waals surface area contributed by atoms with E-state index in [0.29, 0.717) is 0 Å². The monoisotopic (exact) mass is 361 g/mol. The third-order valence-corrected chi connectivity index (χ3v) is 8.81. The summed E-state index contributed by atoms with van der Waals surface area (Å²) >= 11 is 0. The zero-order valence-electron chi connectivity index (χ0n) is 14.9. The molecule has 3 heteroatoms. The predicted molar refractivity (Wildman–Crippen MR) is 110 cm³/mol. The lowest BCUT2D eigenvalue weighted by atomic mass is 10.2. The molecule has 1 aliphatic rings. The van der Waals surface area contributed by atoms with Crippen LogP contribution in [-0.4, -0.2) is 17.2 Å². The van der Waals surface area contributed by atoms with Gasteiger partial charge in [0.25, 0.3) is 0 Å². The average molecular weight is 361 g/mol. The summed E-state index contributed by atoms with van der Waals surface area (Å²) in [5.74, 6) is 0.0625. The van der Waals surface area contributed by atoms with Gasteiger partial charge in [0.15, 0.2) is 7.14 Å². The van der Waals surface area contributed by atoms with Crippen molar-refractivity contribution in [3.05, 3.63) is 96.6 Å². The van der Waals surface area contributed by atoms with E-state index in [0.717, 1.165) is 36.5 Å². The molecule has 1 saturated heterocycles. The van der Waals surface area contributed by atoms with Crippen LogP contribution in [0.4, 0.5) is 0 Å². The highest BCUT2D eigenvalue weighted by molar-refractivity contribution is 7.79. The lowest BCUT2D eigenvalue weighted by Crippen LogP contribution is -2.35. The second kappa shape index (κ2) is 7.61. The summed E-state index contributed by atoms with van der Waals surface area (Å²) in [5, 5.41) is 1.94. The van der Waals surface area contributed by atoms with Crippen molar-refractivity contribution < 1.29 is 4.57 Å². The molecule has 26 heavy (non-hydrogen) atoms. The van der Waals surface area contributed by atoms with Crippen LogP contribution in [0.3, 0.4) is 0 Å². The molecule has 1 heterocycles. The molecule has 0 saturated carbocycles. The Balaban J connectivity index is 1.75. The third-order valence-electron chi connectivity index (χ3n) is 5.26. The van der Waals surface area contributed by atoms with Gasteiger partial charge in [-0.1, -0.05) is 91.0 Å². The Labute approximate surface area is 155 Å². The summed E-state index contributed by atoms with van der Waals surface area (Å²) in [7, 11) is -2.74.